The van der Waals surface area contributed by atoms with Gasteiger partial charge < -0.3 is 9.68 Å². The summed E-state index contributed by atoms with van der Waals surface area (Å²) in [5.41, 5.74) is 4.74. The summed E-state index contributed by atoms with van der Waals surface area (Å²) >= 11 is 0. The van der Waals surface area contributed by atoms with Gasteiger partial charge in [-0.2, -0.15) is 0 Å². The average molecular weight is 302 g/mol. The van der Waals surface area contributed by atoms with E-state index in [1.165, 1.54) is 27.5 Å². The molecule has 1 N–H and O–H groups in total. The maximum absolute atomic E-state index is 9.97. The molecule has 1 aliphatic heterocycles. The van der Waals surface area contributed by atoms with E-state index >= 15 is 0 Å². The fourth-order valence-electron chi connectivity index (χ4n) is 3.31. The van der Waals surface area contributed by atoms with Crippen LogP contribution in [0.15, 0.2) is 60.7 Å². The maximum Gasteiger partial charge on any atom is 0.491 e. The van der Waals surface area contributed by atoms with Gasteiger partial charge in [-0.25, -0.2) is 0 Å². The molecular weight excluding hydrogens is 283 g/mol. The highest BCUT2D eigenvalue weighted by atomic mass is 16.5. The highest BCUT2D eigenvalue weighted by Gasteiger charge is 2.24. The summed E-state index contributed by atoms with van der Waals surface area (Å²) in [5.74, 6) is 0. The van der Waals surface area contributed by atoms with Crippen molar-refractivity contribution in [3.05, 3.63) is 77.4 Å². The van der Waals surface area contributed by atoms with E-state index < -0.39 is 7.12 Å². The second-order valence-electron chi connectivity index (χ2n) is 6.19. The second kappa shape index (κ2) is 6.19. The number of benzene rings is 3. The first kappa shape index (κ1) is 14.5. The fraction of sp³-hybridized carbons (Fsp3) is 0.200. The predicted octanol–water partition coefficient (Wildman–Crippen LogP) is 2.89. The van der Waals surface area contributed by atoms with Gasteiger partial charge in [0.05, 0.1) is 0 Å². The first-order chi connectivity index (χ1) is 11.3. The van der Waals surface area contributed by atoms with Gasteiger partial charge in [-0.3, -0.25) is 0 Å². The Bertz CT molecular complexity index is 844. The van der Waals surface area contributed by atoms with Crippen LogP contribution in [0.25, 0.3) is 10.8 Å². The third-order valence-electron chi connectivity index (χ3n) is 4.64. The topological polar surface area (TPSA) is 29.5 Å². The Kier molecular flexibility index (Phi) is 3.90. The standard InChI is InChI=1S/C20H19BO2/c22-21-20-14-16(8-10-18(20)11-12-23-21)6-5-15-7-9-17-3-1-2-4-19(17)13-15/h1-4,7-10,13-14,22H,5-6,11-12H2. The molecule has 0 fully saturated rings. The van der Waals surface area contributed by atoms with Gasteiger partial charge in [0, 0.05) is 6.61 Å². The van der Waals surface area contributed by atoms with E-state index in [0.717, 1.165) is 24.7 Å². The Morgan fingerprint density at radius 3 is 2.48 bits per heavy atom. The third kappa shape index (κ3) is 3.03. The van der Waals surface area contributed by atoms with E-state index in [1.54, 1.807) is 0 Å². The lowest BCUT2D eigenvalue weighted by atomic mass is 9.73. The van der Waals surface area contributed by atoms with Crippen LogP contribution < -0.4 is 5.46 Å². The first-order valence-corrected chi connectivity index (χ1v) is 8.19. The number of hydrogen-bond donors (Lipinski definition) is 1. The minimum absolute atomic E-state index is 0.602. The average Bonchev–Trinajstić information content (AvgIpc) is 2.60. The van der Waals surface area contributed by atoms with Crippen LogP contribution >= 0.6 is 0 Å². The second-order valence-corrected chi connectivity index (χ2v) is 6.19. The smallest absolute Gasteiger partial charge is 0.423 e. The van der Waals surface area contributed by atoms with Crippen molar-refractivity contribution in [3.63, 3.8) is 0 Å². The van der Waals surface area contributed by atoms with Crippen molar-refractivity contribution in [1.29, 1.82) is 0 Å². The van der Waals surface area contributed by atoms with E-state index in [4.69, 9.17) is 4.65 Å². The molecule has 0 spiro atoms. The van der Waals surface area contributed by atoms with Gasteiger partial charge in [0.2, 0.25) is 0 Å². The van der Waals surface area contributed by atoms with Gasteiger partial charge in [0.25, 0.3) is 0 Å². The predicted molar refractivity (Wildman–Crippen MR) is 95.1 cm³/mol. The molecule has 0 bridgehead atoms. The van der Waals surface area contributed by atoms with Crippen LogP contribution in [0.1, 0.15) is 16.7 Å². The third-order valence-corrected chi connectivity index (χ3v) is 4.64. The van der Waals surface area contributed by atoms with E-state index in [-0.39, 0.29) is 0 Å². The molecule has 0 radical (unpaired) electrons. The van der Waals surface area contributed by atoms with Crippen molar-refractivity contribution in [2.24, 2.45) is 0 Å². The van der Waals surface area contributed by atoms with Crippen LogP contribution in [0.4, 0.5) is 0 Å². The molecule has 2 nitrogen and oxygen atoms in total. The summed E-state index contributed by atoms with van der Waals surface area (Å²) < 4.78 is 5.33. The van der Waals surface area contributed by atoms with Crippen LogP contribution in [0.5, 0.6) is 0 Å². The Morgan fingerprint density at radius 1 is 0.870 bits per heavy atom. The minimum Gasteiger partial charge on any atom is -0.423 e. The van der Waals surface area contributed by atoms with E-state index in [2.05, 4.69) is 60.7 Å². The zero-order valence-electron chi connectivity index (χ0n) is 13.0. The Balaban J connectivity index is 1.52. The number of hydrogen-bond acceptors (Lipinski definition) is 2. The van der Waals surface area contributed by atoms with Gasteiger partial charge in [-0.15, -0.1) is 0 Å². The summed E-state index contributed by atoms with van der Waals surface area (Å²) in [4.78, 5) is 0. The lowest BCUT2D eigenvalue weighted by molar-refractivity contribution is 0.266. The van der Waals surface area contributed by atoms with Crippen LogP contribution in [-0.4, -0.2) is 18.7 Å². The molecule has 0 saturated heterocycles. The Labute approximate surface area is 136 Å². The number of fused-ring (bicyclic) bond motifs is 2. The van der Waals surface area contributed by atoms with Crippen molar-refractivity contribution >= 4 is 23.4 Å². The minimum atomic E-state index is -0.764. The lowest BCUT2D eigenvalue weighted by Gasteiger charge is -2.19. The summed E-state index contributed by atoms with van der Waals surface area (Å²) in [5, 5.41) is 12.5. The molecule has 4 rings (SSSR count). The van der Waals surface area contributed by atoms with Crippen molar-refractivity contribution in [2.45, 2.75) is 19.3 Å². The zero-order valence-corrected chi connectivity index (χ0v) is 13.0. The molecule has 0 unspecified atom stereocenters. The van der Waals surface area contributed by atoms with Crippen molar-refractivity contribution in [1.82, 2.24) is 0 Å². The summed E-state index contributed by atoms with van der Waals surface area (Å²) in [6.45, 7) is 0.602. The van der Waals surface area contributed by atoms with Gasteiger partial charge in [0.1, 0.15) is 0 Å². The first-order valence-electron chi connectivity index (χ1n) is 8.19. The van der Waals surface area contributed by atoms with Crippen molar-refractivity contribution in [2.75, 3.05) is 6.61 Å². The lowest BCUT2D eigenvalue weighted by Crippen LogP contribution is -2.41. The normalized spacial score (nSPS) is 14.0. The van der Waals surface area contributed by atoms with Crippen LogP contribution in [0, 0.1) is 0 Å². The van der Waals surface area contributed by atoms with Gasteiger partial charge in [-0.1, -0.05) is 60.7 Å². The van der Waals surface area contributed by atoms with E-state index in [1.807, 2.05) is 0 Å². The summed E-state index contributed by atoms with van der Waals surface area (Å²) in [7, 11) is -0.764. The molecule has 3 aromatic carbocycles. The monoisotopic (exact) mass is 302 g/mol. The van der Waals surface area contributed by atoms with E-state index in [0.29, 0.717) is 6.61 Å². The molecule has 0 aromatic heterocycles. The SMILES string of the molecule is OB1OCCc2ccc(CCc3ccc4ccccc4c3)cc21. The summed E-state index contributed by atoms with van der Waals surface area (Å²) in [6, 6.07) is 21.5. The van der Waals surface area contributed by atoms with Crippen molar-refractivity contribution < 1.29 is 9.68 Å². The number of rotatable bonds is 3. The highest BCUT2D eigenvalue weighted by molar-refractivity contribution is 6.60. The fourth-order valence-corrected chi connectivity index (χ4v) is 3.31. The molecule has 1 heterocycles. The van der Waals surface area contributed by atoms with Gasteiger partial charge >= 0.3 is 7.12 Å². The molecule has 3 heteroatoms. The zero-order chi connectivity index (χ0) is 15.6. The molecule has 23 heavy (non-hydrogen) atoms. The van der Waals surface area contributed by atoms with Crippen LogP contribution in [0.2, 0.25) is 0 Å². The quantitative estimate of drug-likeness (QED) is 0.754. The van der Waals surface area contributed by atoms with E-state index in [9.17, 15) is 5.02 Å². The summed E-state index contributed by atoms with van der Waals surface area (Å²) in [6.07, 6.45) is 2.86. The van der Waals surface area contributed by atoms with Gasteiger partial charge in [-0.05, 0) is 52.2 Å². The van der Waals surface area contributed by atoms with Gasteiger partial charge in [0.15, 0.2) is 0 Å². The molecule has 0 aliphatic carbocycles. The largest absolute Gasteiger partial charge is 0.491 e. The Hall–Kier alpha value is -2.10. The molecular formula is C20H19BO2. The molecule has 0 amide bonds. The number of aryl methyl sites for hydroxylation is 2. The Morgan fingerprint density at radius 2 is 1.61 bits per heavy atom. The molecule has 0 saturated carbocycles. The maximum atomic E-state index is 9.97. The molecule has 1 aliphatic rings. The van der Waals surface area contributed by atoms with Crippen molar-refractivity contribution in [3.8, 4) is 0 Å². The molecule has 114 valence electrons. The molecule has 3 aromatic rings. The highest BCUT2D eigenvalue weighted by Crippen LogP contribution is 2.17. The molecule has 0 atom stereocenters. The van der Waals surface area contributed by atoms with Crippen LogP contribution in [-0.2, 0) is 23.9 Å². The van der Waals surface area contributed by atoms with Crippen LogP contribution in [0.3, 0.4) is 0 Å².